The van der Waals surface area contributed by atoms with Gasteiger partial charge in [0.2, 0.25) is 0 Å². The molecule has 0 aliphatic carbocycles. The molecular weight excluding hydrogens is 232 g/mol. The minimum atomic E-state index is 0.0839. The van der Waals surface area contributed by atoms with E-state index in [0.717, 1.165) is 11.9 Å². The largest absolute Gasteiger partial charge is 0.324 e. The zero-order valence-electron chi connectivity index (χ0n) is 12.4. The van der Waals surface area contributed by atoms with E-state index in [4.69, 9.17) is 5.73 Å². The number of rotatable bonds is 3. The highest BCUT2D eigenvalue weighted by Crippen LogP contribution is 2.32. The van der Waals surface area contributed by atoms with E-state index in [9.17, 15) is 0 Å². The highest BCUT2D eigenvalue weighted by Gasteiger charge is 2.22. The predicted octanol–water partition coefficient (Wildman–Crippen LogP) is 4.31. The van der Waals surface area contributed by atoms with E-state index in [1.807, 2.05) is 12.3 Å². The van der Waals surface area contributed by atoms with Crippen LogP contribution in [0.5, 0.6) is 0 Å². The maximum Gasteiger partial charge on any atom is 0.0705 e. The molecule has 0 amide bonds. The lowest BCUT2D eigenvalue weighted by Gasteiger charge is -2.29. The molecule has 1 aromatic carbocycles. The fourth-order valence-corrected chi connectivity index (χ4v) is 2.18. The molecule has 0 aliphatic heterocycles. The number of nitrogens with two attached hydrogens (primary N) is 1. The monoisotopic (exact) mass is 256 g/mol. The normalized spacial score (nSPS) is 15.4. The van der Waals surface area contributed by atoms with E-state index >= 15 is 0 Å². The molecule has 2 nitrogen and oxygen atoms in total. The molecule has 0 saturated heterocycles. The number of pyridine rings is 1. The molecule has 1 heterocycles. The smallest absolute Gasteiger partial charge is 0.0705 e. The molecule has 2 heteroatoms. The van der Waals surface area contributed by atoms with Crippen LogP contribution >= 0.6 is 0 Å². The standard InChI is InChI=1S/C17H24N2/c1-12(17(2,3)4)10-15(18)14-8-7-13-6-5-9-19-16(13)11-14/h5-9,11-12,15H,10,18H2,1-4H3. The van der Waals surface area contributed by atoms with Crippen molar-refractivity contribution >= 4 is 10.9 Å². The molecule has 2 atom stereocenters. The van der Waals surface area contributed by atoms with Gasteiger partial charge in [-0.2, -0.15) is 0 Å². The Morgan fingerprint density at radius 1 is 1.21 bits per heavy atom. The Kier molecular flexibility index (Phi) is 3.91. The fraction of sp³-hybridized carbons (Fsp3) is 0.471. The Morgan fingerprint density at radius 2 is 1.95 bits per heavy atom. The molecule has 0 radical (unpaired) electrons. The van der Waals surface area contributed by atoms with Crippen LogP contribution in [0.25, 0.3) is 10.9 Å². The first-order valence-electron chi connectivity index (χ1n) is 6.98. The van der Waals surface area contributed by atoms with Crippen LogP contribution in [0.2, 0.25) is 0 Å². The van der Waals surface area contributed by atoms with Crippen molar-refractivity contribution in [1.29, 1.82) is 0 Å². The van der Waals surface area contributed by atoms with Crippen LogP contribution in [0.4, 0.5) is 0 Å². The second-order valence-electron chi connectivity index (χ2n) is 6.56. The maximum absolute atomic E-state index is 6.36. The van der Waals surface area contributed by atoms with Gasteiger partial charge in [-0.1, -0.05) is 45.9 Å². The average molecular weight is 256 g/mol. The van der Waals surface area contributed by atoms with Gasteiger partial charge in [0.15, 0.2) is 0 Å². The first-order valence-corrected chi connectivity index (χ1v) is 6.98. The number of nitrogens with zero attached hydrogens (tertiary/aromatic N) is 1. The van der Waals surface area contributed by atoms with E-state index in [1.54, 1.807) is 0 Å². The molecule has 2 rings (SSSR count). The maximum atomic E-state index is 6.36. The summed E-state index contributed by atoms with van der Waals surface area (Å²) < 4.78 is 0. The molecular formula is C17H24N2. The van der Waals surface area contributed by atoms with Crippen molar-refractivity contribution in [2.75, 3.05) is 0 Å². The number of hydrogen-bond acceptors (Lipinski definition) is 2. The second kappa shape index (κ2) is 5.30. The highest BCUT2D eigenvalue weighted by atomic mass is 14.7. The third-order valence-electron chi connectivity index (χ3n) is 4.14. The summed E-state index contributed by atoms with van der Waals surface area (Å²) in [5.74, 6) is 0.585. The summed E-state index contributed by atoms with van der Waals surface area (Å²) in [5, 5.41) is 1.17. The van der Waals surface area contributed by atoms with Crippen molar-refractivity contribution in [2.45, 2.75) is 40.2 Å². The third-order valence-corrected chi connectivity index (χ3v) is 4.14. The van der Waals surface area contributed by atoms with Gasteiger partial charge in [-0.25, -0.2) is 0 Å². The van der Waals surface area contributed by atoms with Crippen molar-refractivity contribution < 1.29 is 0 Å². The topological polar surface area (TPSA) is 38.9 Å². The summed E-state index contributed by atoms with van der Waals surface area (Å²) in [4.78, 5) is 4.40. The van der Waals surface area contributed by atoms with Crippen LogP contribution < -0.4 is 5.73 Å². The van der Waals surface area contributed by atoms with Crippen LogP contribution in [0.3, 0.4) is 0 Å². The Hall–Kier alpha value is -1.41. The molecule has 0 bridgehead atoms. The number of benzene rings is 1. The molecule has 0 fully saturated rings. The van der Waals surface area contributed by atoms with E-state index < -0.39 is 0 Å². The molecule has 0 spiro atoms. The van der Waals surface area contributed by atoms with Crippen molar-refractivity contribution in [2.24, 2.45) is 17.1 Å². The minimum Gasteiger partial charge on any atom is -0.324 e. The minimum absolute atomic E-state index is 0.0839. The van der Waals surface area contributed by atoms with E-state index in [1.165, 1.54) is 10.9 Å². The molecule has 0 aliphatic rings. The van der Waals surface area contributed by atoms with Gasteiger partial charge in [0.1, 0.15) is 0 Å². The van der Waals surface area contributed by atoms with Gasteiger partial charge in [-0.15, -0.1) is 0 Å². The second-order valence-corrected chi connectivity index (χ2v) is 6.56. The van der Waals surface area contributed by atoms with E-state index in [2.05, 4.69) is 56.9 Å². The number of fused-ring (bicyclic) bond motifs is 1. The predicted molar refractivity (Wildman–Crippen MR) is 81.9 cm³/mol. The third kappa shape index (κ3) is 3.32. The number of aromatic nitrogens is 1. The van der Waals surface area contributed by atoms with E-state index in [-0.39, 0.29) is 6.04 Å². The van der Waals surface area contributed by atoms with E-state index in [0.29, 0.717) is 11.3 Å². The Bertz CT molecular complexity index is 554. The number of hydrogen-bond donors (Lipinski definition) is 1. The first-order chi connectivity index (χ1) is 8.88. The summed E-state index contributed by atoms with van der Waals surface area (Å²) in [5.41, 5.74) is 8.86. The summed E-state index contributed by atoms with van der Waals surface area (Å²) in [6.45, 7) is 9.09. The lowest BCUT2D eigenvalue weighted by molar-refractivity contribution is 0.234. The molecule has 2 aromatic rings. The van der Waals surface area contributed by atoms with Gasteiger partial charge >= 0.3 is 0 Å². The van der Waals surface area contributed by atoms with Gasteiger partial charge in [-0.3, -0.25) is 4.98 Å². The van der Waals surface area contributed by atoms with Crippen molar-refractivity contribution in [1.82, 2.24) is 4.98 Å². The molecule has 19 heavy (non-hydrogen) atoms. The van der Waals surface area contributed by atoms with Crippen LogP contribution in [-0.4, -0.2) is 4.98 Å². The van der Waals surface area contributed by atoms with Gasteiger partial charge in [-0.05, 0) is 35.4 Å². The molecule has 2 N–H and O–H groups in total. The summed E-state index contributed by atoms with van der Waals surface area (Å²) in [7, 11) is 0. The first kappa shape index (κ1) is 14.0. The van der Waals surface area contributed by atoms with Crippen LogP contribution in [0, 0.1) is 11.3 Å². The average Bonchev–Trinajstić information content (AvgIpc) is 2.37. The zero-order valence-corrected chi connectivity index (χ0v) is 12.4. The van der Waals surface area contributed by atoms with Gasteiger partial charge in [0.05, 0.1) is 5.52 Å². The Labute approximate surface area is 116 Å². The van der Waals surface area contributed by atoms with Crippen LogP contribution in [0.1, 0.15) is 45.7 Å². The Balaban J connectivity index is 2.19. The van der Waals surface area contributed by atoms with Crippen molar-refractivity contribution in [3.63, 3.8) is 0 Å². The Morgan fingerprint density at radius 3 is 2.63 bits per heavy atom. The summed E-state index contributed by atoms with van der Waals surface area (Å²) >= 11 is 0. The molecule has 1 aromatic heterocycles. The summed E-state index contributed by atoms with van der Waals surface area (Å²) in [6.07, 6.45) is 2.83. The molecule has 2 unspecified atom stereocenters. The van der Waals surface area contributed by atoms with Gasteiger partial charge in [0, 0.05) is 17.6 Å². The molecule has 102 valence electrons. The lowest BCUT2D eigenvalue weighted by Crippen LogP contribution is -2.23. The van der Waals surface area contributed by atoms with Gasteiger partial charge in [0.25, 0.3) is 0 Å². The molecule has 0 saturated carbocycles. The lowest BCUT2D eigenvalue weighted by atomic mass is 9.78. The highest BCUT2D eigenvalue weighted by molar-refractivity contribution is 5.78. The quantitative estimate of drug-likeness (QED) is 0.889. The fourth-order valence-electron chi connectivity index (χ4n) is 2.18. The van der Waals surface area contributed by atoms with Crippen molar-refractivity contribution in [3.05, 3.63) is 42.1 Å². The van der Waals surface area contributed by atoms with Gasteiger partial charge < -0.3 is 5.73 Å². The van der Waals surface area contributed by atoms with Crippen LogP contribution in [0.15, 0.2) is 36.5 Å². The summed E-state index contributed by atoms with van der Waals surface area (Å²) in [6, 6.07) is 10.5. The van der Waals surface area contributed by atoms with Crippen LogP contribution in [-0.2, 0) is 0 Å². The zero-order chi connectivity index (χ0) is 14.0. The van der Waals surface area contributed by atoms with Crippen molar-refractivity contribution in [3.8, 4) is 0 Å². The SMILES string of the molecule is CC(CC(N)c1ccc2cccnc2c1)C(C)(C)C.